The Hall–Kier alpha value is -1.03. The topological polar surface area (TPSA) is 26.0 Å². The Balaban J connectivity index is 2.96. The van der Waals surface area contributed by atoms with Crippen LogP contribution in [0.4, 0.5) is 13.2 Å². The maximum atomic E-state index is 12.2. The minimum atomic E-state index is -4.21. The zero-order valence-corrected chi connectivity index (χ0v) is 8.73. The average Bonchev–Trinajstić information content (AvgIpc) is 1.99. The van der Waals surface area contributed by atoms with Crippen LogP contribution >= 0.6 is 0 Å². The minimum Gasteiger partial charge on any atom is -0.324 e. The number of nitrogens with two attached hydrogens (primary N) is 1. The molecule has 0 aliphatic carbocycles. The first-order chi connectivity index (χ1) is 6.81. The largest absolute Gasteiger partial charge is 0.390 e. The van der Waals surface area contributed by atoms with Gasteiger partial charge in [0.15, 0.2) is 0 Å². The third-order valence-electron chi connectivity index (χ3n) is 2.36. The van der Waals surface area contributed by atoms with Gasteiger partial charge in [-0.1, -0.05) is 18.2 Å². The lowest BCUT2D eigenvalue weighted by molar-refractivity contribution is -0.138. The van der Waals surface area contributed by atoms with Gasteiger partial charge in [-0.2, -0.15) is 13.2 Å². The molecule has 0 saturated heterocycles. The van der Waals surface area contributed by atoms with Crippen molar-refractivity contribution >= 4 is 0 Å². The van der Waals surface area contributed by atoms with Gasteiger partial charge in [-0.25, -0.2) is 0 Å². The van der Waals surface area contributed by atoms with Crippen molar-refractivity contribution in [3.8, 4) is 0 Å². The van der Waals surface area contributed by atoms with E-state index in [1.54, 1.807) is 26.0 Å². The number of benzene rings is 1. The fourth-order valence-corrected chi connectivity index (χ4v) is 1.76. The van der Waals surface area contributed by atoms with E-state index in [0.717, 1.165) is 11.1 Å². The Labute approximate surface area is 87.1 Å². The van der Waals surface area contributed by atoms with Gasteiger partial charge >= 0.3 is 6.18 Å². The van der Waals surface area contributed by atoms with Crippen LogP contribution in [0.3, 0.4) is 0 Å². The van der Waals surface area contributed by atoms with Crippen molar-refractivity contribution in [3.05, 3.63) is 34.9 Å². The van der Waals surface area contributed by atoms with Gasteiger partial charge in [0.1, 0.15) is 0 Å². The smallest absolute Gasteiger partial charge is 0.324 e. The first kappa shape index (κ1) is 12.0. The van der Waals surface area contributed by atoms with Crippen LogP contribution in [0.5, 0.6) is 0 Å². The molecule has 4 heteroatoms. The fraction of sp³-hybridized carbons (Fsp3) is 0.455. The highest BCUT2D eigenvalue weighted by Gasteiger charge is 2.31. The van der Waals surface area contributed by atoms with Gasteiger partial charge in [0.25, 0.3) is 0 Å². The Morgan fingerprint density at radius 3 is 2.07 bits per heavy atom. The molecule has 1 atom stereocenters. The van der Waals surface area contributed by atoms with Crippen molar-refractivity contribution < 1.29 is 13.2 Å². The van der Waals surface area contributed by atoms with E-state index in [-0.39, 0.29) is 0 Å². The van der Waals surface area contributed by atoms with Gasteiger partial charge in [0.05, 0.1) is 6.42 Å². The van der Waals surface area contributed by atoms with E-state index in [0.29, 0.717) is 5.56 Å². The monoisotopic (exact) mass is 217 g/mol. The Bertz CT molecular complexity index is 324. The maximum absolute atomic E-state index is 12.2. The van der Waals surface area contributed by atoms with Crippen LogP contribution in [0.15, 0.2) is 18.2 Å². The van der Waals surface area contributed by atoms with E-state index in [9.17, 15) is 13.2 Å². The highest BCUT2D eigenvalue weighted by atomic mass is 19.4. The average molecular weight is 217 g/mol. The van der Waals surface area contributed by atoms with E-state index in [2.05, 4.69) is 0 Å². The quantitative estimate of drug-likeness (QED) is 0.808. The van der Waals surface area contributed by atoms with E-state index < -0.39 is 18.6 Å². The molecule has 1 aromatic carbocycles. The van der Waals surface area contributed by atoms with Gasteiger partial charge in [-0.15, -0.1) is 0 Å². The van der Waals surface area contributed by atoms with Crippen LogP contribution in [-0.2, 0) is 0 Å². The van der Waals surface area contributed by atoms with Gasteiger partial charge in [0.2, 0.25) is 0 Å². The molecule has 0 aliphatic heterocycles. The van der Waals surface area contributed by atoms with Crippen molar-refractivity contribution in [1.82, 2.24) is 0 Å². The zero-order chi connectivity index (χ0) is 11.6. The summed E-state index contributed by atoms with van der Waals surface area (Å²) in [4.78, 5) is 0. The van der Waals surface area contributed by atoms with Crippen molar-refractivity contribution in [2.45, 2.75) is 32.5 Å². The minimum absolute atomic E-state index is 0.606. The van der Waals surface area contributed by atoms with Crippen molar-refractivity contribution in [1.29, 1.82) is 0 Å². The molecule has 0 aliphatic rings. The molecule has 0 heterocycles. The molecule has 1 rings (SSSR count). The zero-order valence-electron chi connectivity index (χ0n) is 8.73. The summed E-state index contributed by atoms with van der Waals surface area (Å²) < 4.78 is 36.5. The standard InChI is InChI=1S/C11H14F3N/c1-7-4-3-5-8(2)10(7)9(15)6-11(12,13)14/h3-5,9H,6,15H2,1-2H3/t9-/m1/s1. The molecule has 0 bridgehead atoms. The van der Waals surface area contributed by atoms with Gasteiger partial charge in [-0.3, -0.25) is 0 Å². The summed E-state index contributed by atoms with van der Waals surface area (Å²) in [6, 6.07) is 4.40. The molecule has 1 aromatic rings. The summed E-state index contributed by atoms with van der Waals surface area (Å²) >= 11 is 0. The summed E-state index contributed by atoms with van der Waals surface area (Å²) in [5, 5.41) is 0. The molecule has 2 N–H and O–H groups in total. The Kier molecular flexibility index (Phi) is 3.39. The molecule has 0 saturated carbocycles. The lowest BCUT2D eigenvalue weighted by atomic mass is 9.95. The third-order valence-corrected chi connectivity index (χ3v) is 2.36. The SMILES string of the molecule is Cc1cccc(C)c1[C@H](N)CC(F)(F)F. The van der Waals surface area contributed by atoms with Crippen LogP contribution in [0.2, 0.25) is 0 Å². The molecule has 0 amide bonds. The van der Waals surface area contributed by atoms with E-state index >= 15 is 0 Å². The highest BCUT2D eigenvalue weighted by molar-refractivity contribution is 5.35. The van der Waals surface area contributed by atoms with Crippen molar-refractivity contribution in [3.63, 3.8) is 0 Å². The second-order valence-corrected chi connectivity index (χ2v) is 3.73. The number of halogens is 3. The number of rotatable bonds is 2. The summed E-state index contributed by atoms with van der Waals surface area (Å²) in [6.45, 7) is 3.55. The van der Waals surface area contributed by atoms with E-state index in [1.165, 1.54) is 0 Å². The first-order valence-corrected chi connectivity index (χ1v) is 4.69. The molecule has 0 fully saturated rings. The van der Waals surface area contributed by atoms with Gasteiger partial charge < -0.3 is 5.73 Å². The lowest BCUT2D eigenvalue weighted by Gasteiger charge is -2.18. The number of hydrogen-bond donors (Lipinski definition) is 1. The number of alkyl halides is 3. The fourth-order valence-electron chi connectivity index (χ4n) is 1.76. The predicted molar refractivity (Wildman–Crippen MR) is 53.5 cm³/mol. The highest BCUT2D eigenvalue weighted by Crippen LogP contribution is 2.30. The predicted octanol–water partition coefficient (Wildman–Crippen LogP) is 3.26. The second kappa shape index (κ2) is 4.23. The second-order valence-electron chi connectivity index (χ2n) is 3.73. The van der Waals surface area contributed by atoms with Crippen LogP contribution in [-0.4, -0.2) is 6.18 Å². The summed E-state index contributed by atoms with van der Waals surface area (Å²) in [7, 11) is 0. The lowest BCUT2D eigenvalue weighted by Crippen LogP contribution is -2.21. The molecule has 0 spiro atoms. The third kappa shape index (κ3) is 3.23. The molecule has 1 nitrogen and oxygen atoms in total. The van der Waals surface area contributed by atoms with Crippen molar-refractivity contribution in [2.75, 3.05) is 0 Å². The summed E-state index contributed by atoms with van der Waals surface area (Å²) in [5.74, 6) is 0. The molecule has 0 radical (unpaired) electrons. The molecule has 0 aromatic heterocycles. The van der Waals surface area contributed by atoms with Crippen LogP contribution < -0.4 is 5.73 Å². The summed E-state index contributed by atoms with van der Waals surface area (Å²) in [6.07, 6.45) is -5.19. The van der Waals surface area contributed by atoms with E-state index in [1.807, 2.05) is 6.07 Å². The van der Waals surface area contributed by atoms with Crippen LogP contribution in [0, 0.1) is 13.8 Å². The number of hydrogen-bond acceptors (Lipinski definition) is 1. The number of aryl methyl sites for hydroxylation is 2. The first-order valence-electron chi connectivity index (χ1n) is 4.69. The Morgan fingerprint density at radius 2 is 1.67 bits per heavy atom. The van der Waals surface area contributed by atoms with Crippen molar-refractivity contribution in [2.24, 2.45) is 5.73 Å². The molecule has 0 unspecified atom stereocenters. The molecule has 15 heavy (non-hydrogen) atoms. The molecule has 84 valence electrons. The molecular formula is C11H14F3N. The Morgan fingerprint density at radius 1 is 1.20 bits per heavy atom. The normalized spacial score (nSPS) is 14.0. The van der Waals surface area contributed by atoms with Crippen LogP contribution in [0.1, 0.15) is 29.2 Å². The van der Waals surface area contributed by atoms with E-state index in [4.69, 9.17) is 5.73 Å². The maximum Gasteiger partial charge on any atom is 0.390 e. The summed E-state index contributed by atoms with van der Waals surface area (Å²) in [5.41, 5.74) is 7.79. The van der Waals surface area contributed by atoms with Gasteiger partial charge in [-0.05, 0) is 30.5 Å². The van der Waals surface area contributed by atoms with Crippen LogP contribution in [0.25, 0.3) is 0 Å². The molecular weight excluding hydrogens is 203 g/mol. The van der Waals surface area contributed by atoms with Gasteiger partial charge in [0, 0.05) is 6.04 Å².